The molecule has 0 radical (unpaired) electrons. The number of hydrogen-bond donors (Lipinski definition) is 0. The molecular weight excluding hydrogens is 394 g/mol. The average Bonchev–Trinajstić information content (AvgIpc) is 3.33. The Kier molecular flexibility index (Phi) is 3.18. The first-order valence-corrected chi connectivity index (χ1v) is 9.83. The van der Waals surface area contributed by atoms with Crippen molar-refractivity contribution in [3.63, 3.8) is 0 Å². The molecule has 134 valence electrons. The molecule has 6 aromatic rings. The lowest BCUT2D eigenvalue weighted by molar-refractivity contribution is 0.671. The van der Waals surface area contributed by atoms with E-state index in [1.54, 1.807) is 22.7 Å². The largest absolute Gasteiger partial charge is 0.452 e. The fourth-order valence-corrected chi connectivity index (χ4v) is 4.38. The van der Waals surface area contributed by atoms with Crippen molar-refractivity contribution >= 4 is 60.9 Å². The van der Waals surface area contributed by atoms with E-state index in [2.05, 4.69) is 0 Å². The van der Waals surface area contributed by atoms with Crippen molar-refractivity contribution in [2.24, 2.45) is 0 Å². The summed E-state index contributed by atoms with van der Waals surface area (Å²) in [6.07, 6.45) is 1.73. The third-order valence-corrected chi connectivity index (χ3v) is 5.84. The molecule has 0 aliphatic carbocycles. The van der Waals surface area contributed by atoms with Crippen LogP contribution in [0.5, 0.6) is 0 Å². The van der Waals surface area contributed by atoms with Crippen LogP contribution in [0, 0.1) is 0 Å². The minimum Gasteiger partial charge on any atom is -0.452 e. The number of fused-ring (bicyclic) bond motifs is 6. The van der Waals surface area contributed by atoms with Gasteiger partial charge in [-0.25, -0.2) is 9.97 Å². The SMILES string of the molecule is O=c1c2c(-c3ccc(Cl)cc3)nc3c4ccccc4oc3c2nc2sccn12. The first-order valence-electron chi connectivity index (χ1n) is 8.57. The summed E-state index contributed by atoms with van der Waals surface area (Å²) in [7, 11) is 0. The van der Waals surface area contributed by atoms with E-state index in [-0.39, 0.29) is 5.56 Å². The number of rotatable bonds is 1. The third kappa shape index (κ3) is 2.10. The molecule has 0 aliphatic heterocycles. The smallest absolute Gasteiger partial charge is 0.268 e. The van der Waals surface area contributed by atoms with E-state index in [0.29, 0.717) is 43.3 Å². The number of thiazole rings is 1. The monoisotopic (exact) mass is 403 g/mol. The van der Waals surface area contributed by atoms with Crippen LogP contribution in [-0.2, 0) is 0 Å². The van der Waals surface area contributed by atoms with E-state index >= 15 is 0 Å². The molecule has 6 rings (SSSR count). The Balaban J connectivity index is 1.90. The van der Waals surface area contributed by atoms with Gasteiger partial charge in [-0.05, 0) is 24.3 Å². The molecule has 28 heavy (non-hydrogen) atoms. The van der Waals surface area contributed by atoms with Crippen LogP contribution in [0.1, 0.15) is 0 Å². The molecule has 0 amide bonds. The highest BCUT2D eigenvalue weighted by molar-refractivity contribution is 7.15. The minimum atomic E-state index is -0.166. The second kappa shape index (κ2) is 5.64. The molecule has 2 aromatic carbocycles. The Hall–Kier alpha value is -3.22. The number of para-hydroxylation sites is 1. The third-order valence-electron chi connectivity index (χ3n) is 4.83. The van der Waals surface area contributed by atoms with Crippen LogP contribution in [0.2, 0.25) is 5.02 Å². The molecule has 0 saturated heterocycles. The van der Waals surface area contributed by atoms with E-state index in [1.807, 2.05) is 41.8 Å². The summed E-state index contributed by atoms with van der Waals surface area (Å²) in [6.45, 7) is 0. The molecule has 0 N–H and O–H groups in total. The molecule has 7 heteroatoms. The Labute approximate surface area is 166 Å². The normalized spacial score (nSPS) is 11.9. The maximum Gasteiger partial charge on any atom is 0.268 e. The average molecular weight is 404 g/mol. The van der Waals surface area contributed by atoms with Crippen LogP contribution in [-0.4, -0.2) is 14.4 Å². The number of furan rings is 1. The Morgan fingerprint density at radius 3 is 2.68 bits per heavy atom. The van der Waals surface area contributed by atoms with Crippen LogP contribution in [0.25, 0.3) is 49.2 Å². The number of halogens is 1. The van der Waals surface area contributed by atoms with Crippen molar-refractivity contribution in [2.75, 3.05) is 0 Å². The highest BCUT2D eigenvalue weighted by Crippen LogP contribution is 2.35. The second-order valence-electron chi connectivity index (χ2n) is 6.44. The molecular formula is C21H10ClN3O2S. The van der Waals surface area contributed by atoms with Gasteiger partial charge in [0.2, 0.25) is 0 Å². The van der Waals surface area contributed by atoms with Crippen molar-refractivity contribution in [1.82, 2.24) is 14.4 Å². The van der Waals surface area contributed by atoms with Crippen molar-refractivity contribution in [3.05, 3.63) is 75.5 Å². The molecule has 5 nitrogen and oxygen atoms in total. The molecule has 0 unspecified atom stereocenters. The van der Waals surface area contributed by atoms with Crippen molar-refractivity contribution < 1.29 is 4.42 Å². The van der Waals surface area contributed by atoms with E-state index < -0.39 is 0 Å². The first kappa shape index (κ1) is 15.8. The van der Waals surface area contributed by atoms with Gasteiger partial charge in [0.05, 0.1) is 11.1 Å². The summed E-state index contributed by atoms with van der Waals surface area (Å²) in [6, 6.07) is 15.0. The van der Waals surface area contributed by atoms with Gasteiger partial charge in [0.1, 0.15) is 16.6 Å². The highest BCUT2D eigenvalue weighted by Gasteiger charge is 2.21. The van der Waals surface area contributed by atoms with Crippen molar-refractivity contribution in [2.45, 2.75) is 0 Å². The summed E-state index contributed by atoms with van der Waals surface area (Å²) in [5.41, 5.74) is 3.68. The Bertz CT molecular complexity index is 1600. The van der Waals surface area contributed by atoms with Gasteiger partial charge in [-0.2, -0.15) is 0 Å². The van der Waals surface area contributed by atoms with Gasteiger partial charge in [0.25, 0.3) is 5.56 Å². The van der Waals surface area contributed by atoms with Crippen LogP contribution in [0.4, 0.5) is 0 Å². The van der Waals surface area contributed by atoms with Crippen molar-refractivity contribution in [3.8, 4) is 11.3 Å². The van der Waals surface area contributed by atoms with E-state index in [1.165, 1.54) is 11.3 Å². The Morgan fingerprint density at radius 1 is 1.00 bits per heavy atom. The summed E-state index contributed by atoms with van der Waals surface area (Å²) in [5.74, 6) is 0. The van der Waals surface area contributed by atoms with Gasteiger partial charge in [-0.1, -0.05) is 35.9 Å². The molecule has 4 heterocycles. The molecule has 0 bridgehead atoms. The minimum absolute atomic E-state index is 0.166. The van der Waals surface area contributed by atoms with Gasteiger partial charge in [-0.3, -0.25) is 9.20 Å². The number of hydrogen-bond acceptors (Lipinski definition) is 5. The van der Waals surface area contributed by atoms with Gasteiger partial charge in [0.15, 0.2) is 10.5 Å². The molecule has 0 spiro atoms. The molecule has 0 saturated carbocycles. The van der Waals surface area contributed by atoms with E-state index in [4.69, 9.17) is 26.0 Å². The number of benzene rings is 2. The number of aromatic nitrogens is 3. The zero-order valence-corrected chi connectivity index (χ0v) is 15.8. The van der Waals surface area contributed by atoms with Crippen molar-refractivity contribution in [1.29, 1.82) is 0 Å². The molecule has 0 aliphatic rings. The lowest BCUT2D eigenvalue weighted by Gasteiger charge is -2.07. The van der Waals surface area contributed by atoms with Gasteiger partial charge in [-0.15, -0.1) is 11.3 Å². The molecule has 0 fully saturated rings. The summed E-state index contributed by atoms with van der Waals surface area (Å²) >= 11 is 7.46. The summed E-state index contributed by atoms with van der Waals surface area (Å²) < 4.78 is 7.61. The fraction of sp³-hybridized carbons (Fsp3) is 0. The van der Waals surface area contributed by atoms with Gasteiger partial charge < -0.3 is 4.42 Å². The van der Waals surface area contributed by atoms with Crippen LogP contribution < -0.4 is 5.56 Å². The Morgan fingerprint density at radius 2 is 1.82 bits per heavy atom. The standard InChI is InChI=1S/C21H10ClN3O2S/c22-12-7-5-11(6-8-12)16-15-18(24-21-25(20(15)26)9-10-28-21)19-17(23-16)13-3-1-2-4-14(13)27-19/h1-10H. The summed E-state index contributed by atoms with van der Waals surface area (Å²) in [4.78, 5) is 23.5. The quantitative estimate of drug-likeness (QED) is 0.362. The predicted octanol–water partition coefficient (Wildman–Crippen LogP) is 5.52. The lowest BCUT2D eigenvalue weighted by atomic mass is 10.1. The van der Waals surface area contributed by atoms with E-state index in [9.17, 15) is 4.79 Å². The van der Waals surface area contributed by atoms with Gasteiger partial charge >= 0.3 is 0 Å². The predicted molar refractivity (Wildman–Crippen MR) is 112 cm³/mol. The maximum atomic E-state index is 13.3. The van der Waals surface area contributed by atoms with Crippen LogP contribution in [0.15, 0.2) is 69.3 Å². The number of pyridine rings is 1. The van der Waals surface area contributed by atoms with Crippen LogP contribution >= 0.6 is 22.9 Å². The topological polar surface area (TPSA) is 60.4 Å². The maximum absolute atomic E-state index is 13.3. The molecule has 4 aromatic heterocycles. The van der Waals surface area contributed by atoms with E-state index in [0.717, 1.165) is 10.9 Å². The zero-order chi connectivity index (χ0) is 18.8. The second-order valence-corrected chi connectivity index (χ2v) is 7.75. The number of nitrogens with zero attached hydrogens (tertiary/aromatic N) is 3. The first-order chi connectivity index (χ1) is 13.7. The van der Waals surface area contributed by atoms with Gasteiger partial charge in [0, 0.05) is 27.5 Å². The zero-order valence-electron chi connectivity index (χ0n) is 14.2. The summed E-state index contributed by atoms with van der Waals surface area (Å²) in [5, 5.41) is 3.79. The fourth-order valence-electron chi connectivity index (χ4n) is 3.55. The lowest BCUT2D eigenvalue weighted by Crippen LogP contribution is -2.14. The highest BCUT2D eigenvalue weighted by atomic mass is 35.5. The van der Waals surface area contributed by atoms with Crippen LogP contribution in [0.3, 0.4) is 0 Å². The molecule has 0 atom stereocenters.